The Kier molecular flexibility index (Phi) is 4.16. The lowest BCUT2D eigenvalue weighted by atomic mass is 10.1. The Morgan fingerprint density at radius 3 is 2.80 bits per heavy atom. The summed E-state index contributed by atoms with van der Waals surface area (Å²) in [5.74, 6) is 0.624. The van der Waals surface area contributed by atoms with Crippen molar-refractivity contribution in [1.82, 2.24) is 9.78 Å². The van der Waals surface area contributed by atoms with E-state index in [9.17, 15) is 0 Å². The number of benzene rings is 1. The van der Waals surface area contributed by atoms with Gasteiger partial charge in [-0.1, -0.05) is 17.7 Å². The number of aryl methyl sites for hydroxylation is 2. The second-order valence-corrected chi connectivity index (χ2v) is 4.70. The van der Waals surface area contributed by atoms with Gasteiger partial charge in [-0.3, -0.25) is 4.68 Å². The van der Waals surface area contributed by atoms with Gasteiger partial charge in [-0.15, -0.1) is 0 Å². The summed E-state index contributed by atoms with van der Waals surface area (Å²) >= 11 is 6.21. The van der Waals surface area contributed by atoms with Crippen molar-refractivity contribution < 1.29 is 4.74 Å². The van der Waals surface area contributed by atoms with Crippen LogP contribution in [0.4, 0.5) is 5.69 Å². The van der Waals surface area contributed by atoms with Gasteiger partial charge < -0.3 is 10.1 Å². The Bertz CT molecular complexity index is 673. The maximum Gasteiger partial charge on any atom is 0.143 e. The largest absolute Gasteiger partial charge is 0.495 e. The number of nitrogens with one attached hydrogen (secondary N) is 1. The molecule has 0 aliphatic rings. The molecule has 1 heterocycles. The van der Waals surface area contributed by atoms with Gasteiger partial charge in [-0.25, -0.2) is 0 Å². The molecule has 104 valence electrons. The summed E-state index contributed by atoms with van der Waals surface area (Å²) in [6, 6.07) is 7.47. The Hall–Kier alpha value is -2.19. The molecule has 5 nitrogen and oxygen atoms in total. The highest BCUT2D eigenvalue weighted by atomic mass is 35.5. The van der Waals surface area contributed by atoms with Crippen molar-refractivity contribution in [2.24, 2.45) is 7.05 Å². The number of ether oxygens (including phenoxy) is 1. The molecular weight excluding hydrogens is 276 g/mol. The van der Waals surface area contributed by atoms with Crippen LogP contribution in [0.1, 0.15) is 17.0 Å². The van der Waals surface area contributed by atoms with Gasteiger partial charge in [0.15, 0.2) is 0 Å². The summed E-state index contributed by atoms with van der Waals surface area (Å²) < 4.78 is 7.00. The van der Waals surface area contributed by atoms with Gasteiger partial charge in [0, 0.05) is 7.05 Å². The molecule has 20 heavy (non-hydrogen) atoms. The molecule has 2 rings (SSSR count). The van der Waals surface area contributed by atoms with Gasteiger partial charge in [0.1, 0.15) is 11.8 Å². The van der Waals surface area contributed by atoms with E-state index in [1.54, 1.807) is 30.0 Å². The van der Waals surface area contributed by atoms with E-state index in [0.717, 1.165) is 11.4 Å². The maximum absolute atomic E-state index is 9.16. The minimum atomic E-state index is 0.464. The Labute approximate surface area is 122 Å². The average molecular weight is 291 g/mol. The monoisotopic (exact) mass is 290 g/mol. The van der Waals surface area contributed by atoms with Crippen molar-refractivity contribution in [1.29, 1.82) is 5.26 Å². The van der Waals surface area contributed by atoms with Crippen LogP contribution in [0.15, 0.2) is 18.2 Å². The van der Waals surface area contributed by atoms with Crippen molar-refractivity contribution in [3.05, 3.63) is 40.2 Å². The fraction of sp³-hybridized carbons (Fsp3) is 0.286. The third kappa shape index (κ3) is 2.56. The molecule has 1 aromatic heterocycles. The van der Waals surface area contributed by atoms with E-state index in [0.29, 0.717) is 28.6 Å². The van der Waals surface area contributed by atoms with Crippen LogP contribution in [-0.4, -0.2) is 16.9 Å². The van der Waals surface area contributed by atoms with Gasteiger partial charge in [0.2, 0.25) is 0 Å². The van der Waals surface area contributed by atoms with E-state index in [1.165, 1.54) is 0 Å². The predicted octanol–water partition coefficient (Wildman–Crippen LogP) is 2.87. The van der Waals surface area contributed by atoms with E-state index < -0.39 is 0 Å². The summed E-state index contributed by atoms with van der Waals surface area (Å²) in [6.45, 7) is 2.32. The molecule has 0 bridgehead atoms. The fourth-order valence-electron chi connectivity index (χ4n) is 2.02. The van der Waals surface area contributed by atoms with Crippen LogP contribution in [0, 0.1) is 18.3 Å². The lowest BCUT2D eigenvalue weighted by Gasteiger charge is -2.13. The first kappa shape index (κ1) is 14.2. The summed E-state index contributed by atoms with van der Waals surface area (Å²) in [6.07, 6.45) is 0. The van der Waals surface area contributed by atoms with E-state index >= 15 is 0 Å². The van der Waals surface area contributed by atoms with Crippen molar-refractivity contribution in [2.45, 2.75) is 13.5 Å². The normalized spacial score (nSPS) is 10.2. The van der Waals surface area contributed by atoms with Gasteiger partial charge in [0.05, 0.1) is 41.3 Å². The molecule has 1 aromatic carbocycles. The van der Waals surface area contributed by atoms with E-state index in [1.807, 2.05) is 14.0 Å². The third-order valence-corrected chi connectivity index (χ3v) is 3.55. The molecule has 0 saturated heterocycles. The highest BCUT2D eigenvalue weighted by molar-refractivity contribution is 6.31. The molecule has 0 spiro atoms. The number of nitrogens with zero attached hydrogens (tertiary/aromatic N) is 3. The molecular formula is C14H15ClN4O. The smallest absolute Gasteiger partial charge is 0.143 e. The molecule has 0 atom stereocenters. The van der Waals surface area contributed by atoms with Crippen LogP contribution in [-0.2, 0) is 13.6 Å². The third-order valence-electron chi connectivity index (χ3n) is 3.06. The number of methoxy groups -OCH3 is 1. The highest BCUT2D eigenvalue weighted by Gasteiger charge is 2.13. The maximum atomic E-state index is 9.16. The van der Waals surface area contributed by atoms with Crippen LogP contribution in [0.5, 0.6) is 5.75 Å². The molecule has 1 N–H and O–H groups in total. The van der Waals surface area contributed by atoms with Crippen LogP contribution >= 0.6 is 11.6 Å². The zero-order chi connectivity index (χ0) is 14.7. The van der Waals surface area contributed by atoms with Crippen molar-refractivity contribution >= 4 is 17.3 Å². The second kappa shape index (κ2) is 5.85. The van der Waals surface area contributed by atoms with Gasteiger partial charge in [-0.2, -0.15) is 10.4 Å². The Balaban J connectivity index is 2.29. The Morgan fingerprint density at radius 2 is 2.25 bits per heavy atom. The number of aromatic nitrogens is 2. The second-order valence-electron chi connectivity index (χ2n) is 4.32. The molecule has 0 unspecified atom stereocenters. The number of nitriles is 1. The van der Waals surface area contributed by atoms with E-state index in [-0.39, 0.29) is 0 Å². The zero-order valence-corrected chi connectivity index (χ0v) is 12.3. The average Bonchev–Trinajstić information content (AvgIpc) is 2.69. The molecule has 6 heteroatoms. The summed E-state index contributed by atoms with van der Waals surface area (Å²) in [7, 11) is 3.41. The number of para-hydroxylation sites is 1. The van der Waals surface area contributed by atoms with Crippen molar-refractivity contribution in [3.8, 4) is 11.8 Å². The topological polar surface area (TPSA) is 62.9 Å². The fourth-order valence-corrected chi connectivity index (χ4v) is 2.25. The Morgan fingerprint density at radius 1 is 1.50 bits per heavy atom. The van der Waals surface area contributed by atoms with Gasteiger partial charge >= 0.3 is 0 Å². The highest BCUT2D eigenvalue weighted by Crippen LogP contribution is 2.29. The lowest BCUT2D eigenvalue weighted by molar-refractivity contribution is 0.416. The molecule has 0 fully saturated rings. The SMILES string of the molecule is COc1cccc(C#N)c1NCc1c(Cl)c(C)nn1C. The number of rotatable bonds is 4. The quantitative estimate of drug-likeness (QED) is 0.940. The van der Waals surface area contributed by atoms with Gasteiger partial charge in [-0.05, 0) is 19.1 Å². The summed E-state index contributed by atoms with van der Waals surface area (Å²) in [5.41, 5.74) is 2.83. The molecule has 0 aliphatic heterocycles. The standard InChI is InChI=1S/C14H15ClN4O/c1-9-13(15)11(19(2)18-9)8-17-14-10(7-16)5-4-6-12(14)20-3/h4-6,17H,8H2,1-3H3. The molecule has 2 aromatic rings. The number of halogens is 1. The van der Waals surface area contributed by atoms with E-state index in [2.05, 4.69) is 16.5 Å². The van der Waals surface area contributed by atoms with Crippen molar-refractivity contribution in [2.75, 3.05) is 12.4 Å². The number of anilines is 1. The molecule has 0 saturated carbocycles. The summed E-state index contributed by atoms with van der Waals surface area (Å²) in [4.78, 5) is 0. The molecule has 0 amide bonds. The first-order chi connectivity index (χ1) is 9.58. The van der Waals surface area contributed by atoms with Crippen LogP contribution < -0.4 is 10.1 Å². The predicted molar refractivity (Wildman–Crippen MR) is 78.0 cm³/mol. The van der Waals surface area contributed by atoms with Crippen LogP contribution in [0.2, 0.25) is 5.02 Å². The van der Waals surface area contributed by atoms with E-state index in [4.69, 9.17) is 21.6 Å². The van der Waals surface area contributed by atoms with Crippen molar-refractivity contribution in [3.63, 3.8) is 0 Å². The van der Waals surface area contributed by atoms with Crippen LogP contribution in [0.3, 0.4) is 0 Å². The minimum Gasteiger partial charge on any atom is -0.495 e. The first-order valence-electron chi connectivity index (χ1n) is 6.07. The first-order valence-corrected chi connectivity index (χ1v) is 6.45. The number of hydrogen-bond donors (Lipinski definition) is 1. The minimum absolute atomic E-state index is 0.464. The zero-order valence-electron chi connectivity index (χ0n) is 11.6. The lowest BCUT2D eigenvalue weighted by Crippen LogP contribution is -2.08. The molecule has 0 aliphatic carbocycles. The summed E-state index contributed by atoms with van der Waals surface area (Å²) in [5, 5.41) is 17.3. The van der Waals surface area contributed by atoms with Crippen LogP contribution in [0.25, 0.3) is 0 Å². The van der Waals surface area contributed by atoms with Gasteiger partial charge in [0.25, 0.3) is 0 Å². The number of hydrogen-bond acceptors (Lipinski definition) is 4. The molecule has 0 radical (unpaired) electrons.